The maximum Gasteiger partial charge on any atom is 0.253 e. The van der Waals surface area contributed by atoms with Crippen molar-refractivity contribution in [1.82, 2.24) is 14.7 Å². The second-order valence-corrected chi connectivity index (χ2v) is 7.07. The molecule has 0 aliphatic carbocycles. The van der Waals surface area contributed by atoms with Crippen molar-refractivity contribution in [3.05, 3.63) is 71.5 Å². The number of amides is 2. The van der Waals surface area contributed by atoms with Crippen LogP contribution >= 0.6 is 0 Å². The molecular formula is C21H22FN3O2. The topological polar surface area (TPSA) is 43.9 Å². The molecule has 2 aromatic carbocycles. The molecule has 2 aromatic rings. The Labute approximate surface area is 158 Å². The molecule has 2 amide bonds. The SMILES string of the molecule is O=C(c1ccccc1)N1CCN(C2CN(C(=O)c3ccc(F)cc3)C2)CC1. The maximum absolute atomic E-state index is 13.0. The number of rotatable bonds is 3. The summed E-state index contributed by atoms with van der Waals surface area (Å²) in [6, 6.07) is 15.4. The third kappa shape index (κ3) is 3.71. The van der Waals surface area contributed by atoms with Crippen LogP contribution in [0.15, 0.2) is 54.6 Å². The molecule has 5 nitrogen and oxygen atoms in total. The second kappa shape index (κ2) is 7.48. The lowest BCUT2D eigenvalue weighted by molar-refractivity contribution is 0.00853. The lowest BCUT2D eigenvalue weighted by Crippen LogP contribution is -2.64. The first kappa shape index (κ1) is 17.7. The smallest absolute Gasteiger partial charge is 0.253 e. The summed E-state index contributed by atoms with van der Waals surface area (Å²) in [7, 11) is 0. The predicted molar refractivity (Wildman–Crippen MR) is 100 cm³/mol. The number of hydrogen-bond acceptors (Lipinski definition) is 3. The Bertz CT molecular complexity index is 811. The fourth-order valence-corrected chi connectivity index (χ4v) is 3.68. The Morgan fingerprint density at radius 2 is 1.30 bits per heavy atom. The molecule has 0 spiro atoms. The molecule has 140 valence electrons. The highest BCUT2D eigenvalue weighted by atomic mass is 19.1. The summed E-state index contributed by atoms with van der Waals surface area (Å²) in [5, 5.41) is 0. The molecule has 2 saturated heterocycles. The average molecular weight is 367 g/mol. The minimum absolute atomic E-state index is 0.0517. The van der Waals surface area contributed by atoms with Crippen molar-refractivity contribution in [1.29, 1.82) is 0 Å². The van der Waals surface area contributed by atoms with Crippen molar-refractivity contribution in [2.75, 3.05) is 39.3 Å². The first-order valence-electron chi connectivity index (χ1n) is 9.25. The monoisotopic (exact) mass is 367 g/mol. The number of likely N-dealkylation sites (tertiary alicyclic amines) is 1. The van der Waals surface area contributed by atoms with Crippen molar-refractivity contribution in [2.24, 2.45) is 0 Å². The van der Waals surface area contributed by atoms with Gasteiger partial charge in [-0.25, -0.2) is 4.39 Å². The summed E-state index contributed by atoms with van der Waals surface area (Å²) >= 11 is 0. The molecular weight excluding hydrogens is 345 g/mol. The quantitative estimate of drug-likeness (QED) is 0.835. The Morgan fingerprint density at radius 1 is 0.741 bits per heavy atom. The molecule has 4 rings (SSSR count). The predicted octanol–water partition coefficient (Wildman–Crippen LogP) is 2.11. The van der Waals surface area contributed by atoms with Crippen molar-refractivity contribution in [2.45, 2.75) is 6.04 Å². The number of hydrogen-bond donors (Lipinski definition) is 0. The van der Waals surface area contributed by atoms with Crippen LogP contribution in [-0.2, 0) is 0 Å². The molecule has 0 saturated carbocycles. The fourth-order valence-electron chi connectivity index (χ4n) is 3.68. The summed E-state index contributed by atoms with van der Waals surface area (Å²) in [6.45, 7) is 4.42. The molecule has 2 aliphatic rings. The van der Waals surface area contributed by atoms with E-state index in [4.69, 9.17) is 0 Å². The van der Waals surface area contributed by atoms with E-state index in [1.165, 1.54) is 24.3 Å². The van der Waals surface area contributed by atoms with Gasteiger partial charge in [0.2, 0.25) is 0 Å². The van der Waals surface area contributed by atoms with Crippen LogP contribution in [0.4, 0.5) is 4.39 Å². The van der Waals surface area contributed by atoms with Crippen LogP contribution in [0, 0.1) is 5.82 Å². The van der Waals surface area contributed by atoms with Crippen molar-refractivity contribution >= 4 is 11.8 Å². The molecule has 2 heterocycles. The average Bonchev–Trinajstić information content (AvgIpc) is 2.68. The zero-order chi connectivity index (χ0) is 18.8. The minimum Gasteiger partial charge on any atom is -0.336 e. The Balaban J connectivity index is 1.26. The number of benzene rings is 2. The lowest BCUT2D eigenvalue weighted by Gasteiger charge is -2.48. The lowest BCUT2D eigenvalue weighted by atomic mass is 10.0. The maximum atomic E-state index is 13.0. The molecule has 2 aliphatic heterocycles. The highest BCUT2D eigenvalue weighted by Gasteiger charge is 2.36. The molecule has 0 aromatic heterocycles. The zero-order valence-electron chi connectivity index (χ0n) is 15.1. The van der Waals surface area contributed by atoms with Crippen molar-refractivity contribution < 1.29 is 14.0 Å². The summed E-state index contributed by atoms with van der Waals surface area (Å²) in [4.78, 5) is 30.9. The third-order valence-corrected chi connectivity index (χ3v) is 5.38. The number of piperazine rings is 1. The minimum atomic E-state index is -0.337. The second-order valence-electron chi connectivity index (χ2n) is 7.07. The summed E-state index contributed by atoms with van der Waals surface area (Å²) < 4.78 is 13.0. The molecule has 0 N–H and O–H groups in total. The van der Waals surface area contributed by atoms with Gasteiger partial charge in [0.05, 0.1) is 0 Å². The number of carbonyl (C=O) groups is 2. The van der Waals surface area contributed by atoms with Gasteiger partial charge in [0.15, 0.2) is 0 Å². The normalized spacial score (nSPS) is 18.3. The van der Waals surface area contributed by atoms with Crippen LogP contribution in [0.25, 0.3) is 0 Å². The van der Waals surface area contributed by atoms with Crippen molar-refractivity contribution in [3.63, 3.8) is 0 Å². The number of carbonyl (C=O) groups excluding carboxylic acids is 2. The van der Waals surface area contributed by atoms with Crippen LogP contribution in [-0.4, -0.2) is 71.8 Å². The van der Waals surface area contributed by atoms with Gasteiger partial charge in [-0.2, -0.15) is 0 Å². The van der Waals surface area contributed by atoms with Crippen molar-refractivity contribution in [3.8, 4) is 0 Å². The van der Waals surface area contributed by atoms with Gasteiger partial charge in [0.25, 0.3) is 11.8 Å². The molecule has 0 bridgehead atoms. The van der Waals surface area contributed by atoms with Gasteiger partial charge in [0.1, 0.15) is 5.82 Å². The number of halogens is 1. The van der Waals surface area contributed by atoms with E-state index in [1.54, 1.807) is 4.90 Å². The zero-order valence-corrected chi connectivity index (χ0v) is 15.1. The summed E-state index contributed by atoms with van der Waals surface area (Å²) in [6.07, 6.45) is 0. The Hall–Kier alpha value is -2.73. The molecule has 0 radical (unpaired) electrons. The van der Waals surface area contributed by atoms with Crippen LogP contribution in [0.3, 0.4) is 0 Å². The third-order valence-electron chi connectivity index (χ3n) is 5.38. The van der Waals surface area contributed by atoms with E-state index in [1.807, 2.05) is 35.2 Å². The van der Waals surface area contributed by atoms with Gasteiger partial charge in [-0.05, 0) is 36.4 Å². The molecule has 0 unspecified atom stereocenters. The van der Waals surface area contributed by atoms with Gasteiger partial charge in [-0.1, -0.05) is 18.2 Å². The van der Waals surface area contributed by atoms with Crippen LogP contribution < -0.4 is 0 Å². The van der Waals surface area contributed by atoms with Gasteiger partial charge in [-0.3, -0.25) is 14.5 Å². The highest BCUT2D eigenvalue weighted by Crippen LogP contribution is 2.20. The molecule has 6 heteroatoms. The van der Waals surface area contributed by atoms with Gasteiger partial charge >= 0.3 is 0 Å². The van der Waals surface area contributed by atoms with Gasteiger partial charge < -0.3 is 9.80 Å². The first-order chi connectivity index (χ1) is 13.1. The van der Waals surface area contributed by atoms with E-state index in [2.05, 4.69) is 4.90 Å². The van der Waals surface area contributed by atoms with Gasteiger partial charge in [-0.15, -0.1) is 0 Å². The van der Waals surface area contributed by atoms with E-state index in [-0.39, 0.29) is 17.6 Å². The number of nitrogens with zero attached hydrogens (tertiary/aromatic N) is 3. The Kier molecular flexibility index (Phi) is 4.90. The van der Waals surface area contributed by atoms with Crippen LogP contribution in [0.2, 0.25) is 0 Å². The molecule has 2 fully saturated rings. The summed E-state index contributed by atoms with van der Waals surface area (Å²) in [5.41, 5.74) is 1.25. The van der Waals surface area contributed by atoms with E-state index in [0.29, 0.717) is 37.8 Å². The largest absolute Gasteiger partial charge is 0.336 e. The van der Waals surface area contributed by atoms with Crippen LogP contribution in [0.5, 0.6) is 0 Å². The van der Waals surface area contributed by atoms with E-state index in [0.717, 1.165) is 18.7 Å². The molecule has 0 atom stereocenters. The van der Waals surface area contributed by atoms with Gasteiger partial charge in [0, 0.05) is 56.4 Å². The van der Waals surface area contributed by atoms with Crippen LogP contribution in [0.1, 0.15) is 20.7 Å². The van der Waals surface area contributed by atoms with E-state index >= 15 is 0 Å². The first-order valence-corrected chi connectivity index (χ1v) is 9.25. The molecule has 27 heavy (non-hydrogen) atoms. The summed E-state index contributed by atoms with van der Waals surface area (Å²) in [5.74, 6) is -0.308. The highest BCUT2D eigenvalue weighted by molar-refractivity contribution is 5.95. The fraction of sp³-hybridized carbons (Fsp3) is 0.333. The standard InChI is InChI=1S/C21H22FN3O2/c22-18-8-6-17(7-9-18)21(27)25-14-19(15-25)23-10-12-24(13-11-23)20(26)16-4-2-1-3-5-16/h1-9,19H,10-15H2. The van der Waals surface area contributed by atoms with E-state index in [9.17, 15) is 14.0 Å². The Morgan fingerprint density at radius 3 is 1.93 bits per heavy atom. The van der Waals surface area contributed by atoms with E-state index < -0.39 is 0 Å².